The second kappa shape index (κ2) is 6.90. The molecule has 1 unspecified atom stereocenters. The molecule has 0 aliphatic heterocycles. The van der Waals surface area contributed by atoms with Crippen LogP contribution >= 0.6 is 0 Å². The summed E-state index contributed by atoms with van der Waals surface area (Å²) in [7, 11) is 0. The van der Waals surface area contributed by atoms with Crippen LogP contribution in [0.25, 0.3) is 0 Å². The molecule has 1 aromatic rings. The fourth-order valence-corrected chi connectivity index (χ4v) is 1.33. The molecule has 16 heavy (non-hydrogen) atoms. The number of carbonyl (C=O) groups excluding carboxylic acids is 1. The predicted molar refractivity (Wildman–Crippen MR) is 61.3 cm³/mol. The maximum Gasteiger partial charge on any atom is 0.223 e. The van der Waals surface area contributed by atoms with Crippen molar-refractivity contribution in [1.82, 2.24) is 15.5 Å². The normalized spacial score (nSPS) is 12.1. The van der Waals surface area contributed by atoms with Crippen molar-refractivity contribution in [2.45, 2.75) is 26.3 Å². The molecule has 0 spiro atoms. The quantitative estimate of drug-likeness (QED) is 0.733. The third-order valence-electron chi connectivity index (χ3n) is 2.36. The fourth-order valence-electron chi connectivity index (χ4n) is 1.33. The van der Waals surface area contributed by atoms with Crippen LogP contribution in [-0.4, -0.2) is 22.6 Å². The molecule has 0 fully saturated rings. The number of nitrogens with one attached hydrogen (secondary N) is 1. The second-order valence-electron chi connectivity index (χ2n) is 3.76. The van der Waals surface area contributed by atoms with Crippen molar-refractivity contribution >= 4 is 5.91 Å². The zero-order chi connectivity index (χ0) is 11.8. The van der Waals surface area contributed by atoms with Crippen molar-refractivity contribution in [3.05, 3.63) is 24.0 Å². The summed E-state index contributed by atoms with van der Waals surface area (Å²) in [6.07, 6.45) is 3.30. The van der Waals surface area contributed by atoms with Crippen molar-refractivity contribution < 1.29 is 4.79 Å². The molecule has 0 saturated heterocycles. The Hall–Kier alpha value is -1.49. The summed E-state index contributed by atoms with van der Waals surface area (Å²) in [5, 5.41) is 10.5. The Morgan fingerprint density at radius 2 is 2.44 bits per heavy atom. The van der Waals surface area contributed by atoms with Crippen molar-refractivity contribution in [3.8, 4) is 0 Å². The van der Waals surface area contributed by atoms with Gasteiger partial charge in [-0.25, -0.2) is 0 Å². The third-order valence-corrected chi connectivity index (χ3v) is 2.36. The number of nitrogens with zero attached hydrogens (tertiary/aromatic N) is 2. The topological polar surface area (TPSA) is 80.9 Å². The SMILES string of the molecule is CC(CCCN)C(=O)NCc1cccnn1. The minimum Gasteiger partial charge on any atom is -0.350 e. The Labute approximate surface area is 95.4 Å². The highest BCUT2D eigenvalue weighted by Crippen LogP contribution is 2.04. The summed E-state index contributed by atoms with van der Waals surface area (Å²) >= 11 is 0. The lowest BCUT2D eigenvalue weighted by Gasteiger charge is -2.10. The summed E-state index contributed by atoms with van der Waals surface area (Å²) in [5.74, 6) is 0.0410. The average Bonchev–Trinajstić information content (AvgIpc) is 2.34. The molecule has 0 radical (unpaired) electrons. The highest BCUT2D eigenvalue weighted by atomic mass is 16.1. The van der Waals surface area contributed by atoms with Gasteiger partial charge >= 0.3 is 0 Å². The van der Waals surface area contributed by atoms with E-state index in [2.05, 4.69) is 15.5 Å². The van der Waals surface area contributed by atoms with E-state index in [1.165, 1.54) is 0 Å². The van der Waals surface area contributed by atoms with E-state index in [1.807, 2.05) is 13.0 Å². The van der Waals surface area contributed by atoms with Gasteiger partial charge in [0.2, 0.25) is 5.91 Å². The first kappa shape index (κ1) is 12.6. The lowest BCUT2D eigenvalue weighted by molar-refractivity contribution is -0.124. The Kier molecular flexibility index (Phi) is 5.42. The smallest absolute Gasteiger partial charge is 0.223 e. The minimum absolute atomic E-state index is 0.000205. The second-order valence-corrected chi connectivity index (χ2v) is 3.76. The van der Waals surface area contributed by atoms with E-state index in [0.717, 1.165) is 18.5 Å². The van der Waals surface area contributed by atoms with Crippen LogP contribution in [0.5, 0.6) is 0 Å². The molecular formula is C11H18N4O. The van der Waals surface area contributed by atoms with Gasteiger partial charge < -0.3 is 11.1 Å². The molecule has 0 aromatic carbocycles. The van der Waals surface area contributed by atoms with E-state index < -0.39 is 0 Å². The van der Waals surface area contributed by atoms with Crippen molar-refractivity contribution in [3.63, 3.8) is 0 Å². The van der Waals surface area contributed by atoms with Gasteiger partial charge in [-0.05, 0) is 31.5 Å². The molecule has 5 nitrogen and oxygen atoms in total. The number of hydrogen-bond acceptors (Lipinski definition) is 4. The van der Waals surface area contributed by atoms with Crippen LogP contribution in [0.1, 0.15) is 25.5 Å². The molecule has 0 saturated carbocycles. The van der Waals surface area contributed by atoms with Gasteiger partial charge in [0.1, 0.15) is 0 Å². The van der Waals surface area contributed by atoms with Gasteiger partial charge in [0, 0.05) is 12.1 Å². The van der Waals surface area contributed by atoms with E-state index in [0.29, 0.717) is 13.1 Å². The maximum atomic E-state index is 11.6. The summed E-state index contributed by atoms with van der Waals surface area (Å²) in [4.78, 5) is 11.6. The van der Waals surface area contributed by atoms with Crippen molar-refractivity contribution in [2.24, 2.45) is 11.7 Å². The number of hydrogen-bond donors (Lipinski definition) is 2. The first-order valence-electron chi connectivity index (χ1n) is 5.48. The highest BCUT2D eigenvalue weighted by molar-refractivity contribution is 5.78. The molecule has 5 heteroatoms. The van der Waals surface area contributed by atoms with Crippen LogP contribution in [0, 0.1) is 5.92 Å². The standard InChI is InChI=1S/C11H18N4O/c1-9(4-2-6-12)11(16)13-8-10-5-3-7-14-15-10/h3,5,7,9H,2,4,6,8,12H2,1H3,(H,13,16). The zero-order valence-corrected chi connectivity index (χ0v) is 9.52. The molecule has 88 valence electrons. The van der Waals surface area contributed by atoms with Crippen LogP contribution < -0.4 is 11.1 Å². The first-order chi connectivity index (χ1) is 7.74. The zero-order valence-electron chi connectivity index (χ0n) is 9.52. The van der Waals surface area contributed by atoms with Crippen molar-refractivity contribution in [1.29, 1.82) is 0 Å². The molecule has 1 aromatic heterocycles. The van der Waals surface area contributed by atoms with Gasteiger partial charge in [0.05, 0.1) is 12.2 Å². The van der Waals surface area contributed by atoms with Crippen molar-refractivity contribution in [2.75, 3.05) is 6.54 Å². The summed E-state index contributed by atoms with van der Waals surface area (Å²) < 4.78 is 0. The largest absolute Gasteiger partial charge is 0.350 e. The molecule has 0 aliphatic rings. The lowest BCUT2D eigenvalue weighted by Crippen LogP contribution is -2.29. The highest BCUT2D eigenvalue weighted by Gasteiger charge is 2.11. The van der Waals surface area contributed by atoms with Crippen LogP contribution in [0.2, 0.25) is 0 Å². The van der Waals surface area contributed by atoms with Crippen LogP contribution in [0.3, 0.4) is 0 Å². The summed E-state index contributed by atoms with van der Waals surface area (Å²) in [6, 6.07) is 3.63. The van der Waals surface area contributed by atoms with E-state index in [9.17, 15) is 4.79 Å². The molecule has 1 heterocycles. The number of carbonyl (C=O) groups is 1. The fraction of sp³-hybridized carbons (Fsp3) is 0.545. The van der Waals surface area contributed by atoms with Gasteiger partial charge in [-0.1, -0.05) is 6.92 Å². The molecule has 3 N–H and O–H groups in total. The molecule has 1 atom stereocenters. The van der Waals surface area contributed by atoms with E-state index in [4.69, 9.17) is 5.73 Å². The van der Waals surface area contributed by atoms with Gasteiger partial charge in [-0.3, -0.25) is 4.79 Å². The number of rotatable bonds is 6. The number of nitrogens with two attached hydrogens (primary N) is 1. The average molecular weight is 222 g/mol. The van der Waals surface area contributed by atoms with Gasteiger partial charge in [-0.15, -0.1) is 0 Å². The minimum atomic E-state index is 0.000205. The van der Waals surface area contributed by atoms with E-state index in [1.54, 1.807) is 12.3 Å². The van der Waals surface area contributed by atoms with Crippen LogP contribution in [0.15, 0.2) is 18.3 Å². The van der Waals surface area contributed by atoms with Crippen LogP contribution in [-0.2, 0) is 11.3 Å². The Morgan fingerprint density at radius 1 is 1.62 bits per heavy atom. The lowest BCUT2D eigenvalue weighted by atomic mass is 10.1. The Balaban J connectivity index is 2.29. The molecule has 1 amide bonds. The third kappa shape index (κ3) is 4.35. The van der Waals surface area contributed by atoms with E-state index in [-0.39, 0.29) is 11.8 Å². The summed E-state index contributed by atoms with van der Waals surface area (Å²) in [6.45, 7) is 2.96. The van der Waals surface area contributed by atoms with E-state index >= 15 is 0 Å². The number of aromatic nitrogens is 2. The van der Waals surface area contributed by atoms with Gasteiger partial charge in [-0.2, -0.15) is 10.2 Å². The number of amides is 1. The molecular weight excluding hydrogens is 204 g/mol. The molecule has 0 aliphatic carbocycles. The predicted octanol–water partition coefficient (Wildman–Crippen LogP) is 0.468. The monoisotopic (exact) mass is 222 g/mol. The van der Waals surface area contributed by atoms with Gasteiger partial charge in [0.25, 0.3) is 0 Å². The maximum absolute atomic E-state index is 11.6. The Morgan fingerprint density at radius 3 is 3.06 bits per heavy atom. The van der Waals surface area contributed by atoms with Gasteiger partial charge in [0.15, 0.2) is 0 Å². The molecule has 1 rings (SSSR count). The first-order valence-corrected chi connectivity index (χ1v) is 5.48. The Bertz CT molecular complexity index is 315. The summed E-state index contributed by atoms with van der Waals surface area (Å²) in [5.41, 5.74) is 6.16. The molecule has 0 bridgehead atoms. The van der Waals surface area contributed by atoms with Crippen LogP contribution in [0.4, 0.5) is 0 Å².